The summed E-state index contributed by atoms with van der Waals surface area (Å²) in [5, 5.41) is 12.8. The molecule has 0 aliphatic rings. The second-order valence-electron chi connectivity index (χ2n) is 3.75. The molecule has 0 aromatic carbocycles. The number of aromatic nitrogens is 2. The van der Waals surface area contributed by atoms with E-state index in [1.165, 1.54) is 13.3 Å². The lowest BCUT2D eigenvalue weighted by atomic mass is 10.0. The van der Waals surface area contributed by atoms with Crippen LogP contribution in [0.2, 0.25) is 5.02 Å². The van der Waals surface area contributed by atoms with E-state index in [1.807, 2.05) is 13.8 Å². The van der Waals surface area contributed by atoms with E-state index in [0.29, 0.717) is 10.8 Å². The van der Waals surface area contributed by atoms with E-state index in [0.717, 1.165) is 6.42 Å². The topological polar surface area (TPSA) is 67.3 Å². The van der Waals surface area contributed by atoms with Gasteiger partial charge in [0.15, 0.2) is 5.82 Å². The van der Waals surface area contributed by atoms with Gasteiger partial charge in [0.25, 0.3) is 0 Å². The van der Waals surface area contributed by atoms with Gasteiger partial charge in [-0.3, -0.25) is 0 Å². The fourth-order valence-corrected chi connectivity index (χ4v) is 1.20. The molecular weight excluding hydrogens is 230 g/mol. The number of methoxy groups -OCH3 is 1. The minimum atomic E-state index is -0.455. The van der Waals surface area contributed by atoms with Crippen molar-refractivity contribution in [2.75, 3.05) is 19.0 Å². The van der Waals surface area contributed by atoms with Crippen LogP contribution in [0.15, 0.2) is 6.20 Å². The van der Waals surface area contributed by atoms with Crippen molar-refractivity contribution in [2.45, 2.75) is 25.8 Å². The van der Waals surface area contributed by atoms with E-state index < -0.39 is 5.54 Å². The lowest BCUT2D eigenvalue weighted by molar-refractivity contribution is 0.218. The van der Waals surface area contributed by atoms with Crippen LogP contribution in [0, 0.1) is 0 Å². The molecule has 16 heavy (non-hydrogen) atoms. The van der Waals surface area contributed by atoms with E-state index in [2.05, 4.69) is 15.3 Å². The molecule has 0 amide bonds. The van der Waals surface area contributed by atoms with Gasteiger partial charge in [-0.05, 0) is 13.3 Å². The fraction of sp³-hybridized carbons (Fsp3) is 0.600. The number of hydrogen-bond donors (Lipinski definition) is 2. The SMILES string of the molecule is CCC(C)(CO)Nc1nc(OC)ncc1Cl. The van der Waals surface area contributed by atoms with Crippen LogP contribution in [0.4, 0.5) is 5.82 Å². The van der Waals surface area contributed by atoms with E-state index in [9.17, 15) is 5.11 Å². The van der Waals surface area contributed by atoms with Crippen LogP contribution in [0.25, 0.3) is 0 Å². The first-order valence-electron chi connectivity index (χ1n) is 5.00. The van der Waals surface area contributed by atoms with E-state index >= 15 is 0 Å². The molecule has 1 heterocycles. The first-order chi connectivity index (χ1) is 7.54. The number of nitrogens with zero attached hydrogens (tertiary/aromatic N) is 2. The minimum absolute atomic E-state index is 0.00779. The number of halogens is 1. The highest BCUT2D eigenvalue weighted by Crippen LogP contribution is 2.24. The average molecular weight is 246 g/mol. The summed E-state index contributed by atoms with van der Waals surface area (Å²) < 4.78 is 4.91. The minimum Gasteiger partial charge on any atom is -0.467 e. The van der Waals surface area contributed by atoms with E-state index in [-0.39, 0.29) is 12.6 Å². The third-order valence-corrected chi connectivity index (χ3v) is 2.73. The van der Waals surface area contributed by atoms with Crippen molar-refractivity contribution >= 4 is 17.4 Å². The molecule has 0 saturated carbocycles. The van der Waals surface area contributed by atoms with Crippen molar-refractivity contribution < 1.29 is 9.84 Å². The first-order valence-corrected chi connectivity index (χ1v) is 5.38. The van der Waals surface area contributed by atoms with Crippen molar-refractivity contribution in [1.29, 1.82) is 0 Å². The van der Waals surface area contributed by atoms with Gasteiger partial charge in [0.1, 0.15) is 5.02 Å². The molecule has 1 aromatic heterocycles. The lowest BCUT2D eigenvalue weighted by Gasteiger charge is -2.28. The molecule has 0 bridgehead atoms. The Morgan fingerprint density at radius 3 is 2.81 bits per heavy atom. The summed E-state index contributed by atoms with van der Waals surface area (Å²) in [5.41, 5.74) is -0.455. The second kappa shape index (κ2) is 5.32. The number of rotatable bonds is 5. The Labute approximate surface area is 99.8 Å². The van der Waals surface area contributed by atoms with Crippen LogP contribution in [0.5, 0.6) is 6.01 Å². The van der Waals surface area contributed by atoms with Gasteiger partial charge >= 0.3 is 6.01 Å². The molecule has 6 heteroatoms. The standard InChI is InChI=1S/C10H16ClN3O2/c1-4-10(2,6-15)14-8-7(11)5-12-9(13-8)16-3/h5,15H,4,6H2,1-3H3,(H,12,13,14). The predicted octanol–water partition coefficient (Wildman–Crippen LogP) is 1.71. The first kappa shape index (κ1) is 13.0. The largest absolute Gasteiger partial charge is 0.467 e. The Hall–Kier alpha value is -1.07. The van der Waals surface area contributed by atoms with Crippen LogP contribution in [0.3, 0.4) is 0 Å². The molecule has 1 rings (SSSR count). The van der Waals surface area contributed by atoms with E-state index in [4.69, 9.17) is 16.3 Å². The normalized spacial score (nSPS) is 14.3. The fourth-order valence-electron chi connectivity index (χ4n) is 1.06. The van der Waals surface area contributed by atoms with Gasteiger partial charge in [-0.2, -0.15) is 4.98 Å². The smallest absolute Gasteiger partial charge is 0.318 e. The number of anilines is 1. The van der Waals surface area contributed by atoms with Crippen molar-refractivity contribution in [2.24, 2.45) is 0 Å². The molecule has 0 radical (unpaired) electrons. The van der Waals surface area contributed by atoms with Crippen LogP contribution < -0.4 is 10.1 Å². The molecule has 1 atom stereocenters. The Bertz CT molecular complexity index is 356. The highest BCUT2D eigenvalue weighted by Gasteiger charge is 2.22. The quantitative estimate of drug-likeness (QED) is 0.827. The molecule has 0 saturated heterocycles. The zero-order chi connectivity index (χ0) is 12.2. The Morgan fingerprint density at radius 2 is 2.31 bits per heavy atom. The molecule has 0 spiro atoms. The molecule has 1 unspecified atom stereocenters. The van der Waals surface area contributed by atoms with Crippen molar-refractivity contribution in [3.05, 3.63) is 11.2 Å². The Balaban J connectivity index is 2.95. The molecule has 0 fully saturated rings. The molecule has 1 aromatic rings. The zero-order valence-electron chi connectivity index (χ0n) is 9.62. The number of nitrogens with one attached hydrogen (secondary N) is 1. The highest BCUT2D eigenvalue weighted by molar-refractivity contribution is 6.32. The van der Waals surface area contributed by atoms with Crippen LogP contribution in [-0.4, -0.2) is 34.3 Å². The summed E-state index contributed by atoms with van der Waals surface area (Å²) in [6, 6.07) is 0.239. The van der Waals surface area contributed by atoms with Gasteiger partial charge in [-0.25, -0.2) is 4.98 Å². The molecule has 2 N–H and O–H groups in total. The van der Waals surface area contributed by atoms with Gasteiger partial charge in [0.05, 0.1) is 25.5 Å². The molecular formula is C10H16ClN3O2. The van der Waals surface area contributed by atoms with Crippen molar-refractivity contribution in [3.8, 4) is 6.01 Å². The summed E-state index contributed by atoms with van der Waals surface area (Å²) in [5.74, 6) is 0.465. The van der Waals surface area contributed by atoms with Crippen LogP contribution >= 0.6 is 11.6 Å². The van der Waals surface area contributed by atoms with E-state index in [1.54, 1.807) is 0 Å². The van der Waals surface area contributed by atoms with Crippen LogP contribution in [0.1, 0.15) is 20.3 Å². The summed E-state index contributed by atoms with van der Waals surface area (Å²) in [7, 11) is 1.48. The van der Waals surface area contributed by atoms with Crippen LogP contribution in [-0.2, 0) is 0 Å². The molecule has 90 valence electrons. The molecule has 0 aliphatic carbocycles. The molecule has 0 aliphatic heterocycles. The average Bonchev–Trinajstić information content (AvgIpc) is 2.32. The Morgan fingerprint density at radius 1 is 1.62 bits per heavy atom. The zero-order valence-corrected chi connectivity index (χ0v) is 10.4. The van der Waals surface area contributed by atoms with Gasteiger partial charge < -0.3 is 15.2 Å². The van der Waals surface area contributed by atoms with Crippen molar-refractivity contribution in [3.63, 3.8) is 0 Å². The summed E-state index contributed by atoms with van der Waals surface area (Å²) in [4.78, 5) is 7.96. The highest BCUT2D eigenvalue weighted by atomic mass is 35.5. The maximum Gasteiger partial charge on any atom is 0.318 e. The number of ether oxygens (including phenoxy) is 1. The second-order valence-corrected chi connectivity index (χ2v) is 4.16. The number of aliphatic hydroxyl groups is 1. The van der Waals surface area contributed by atoms with Gasteiger partial charge in [-0.1, -0.05) is 18.5 Å². The molecule has 5 nitrogen and oxygen atoms in total. The van der Waals surface area contributed by atoms with Gasteiger partial charge in [0, 0.05) is 0 Å². The monoisotopic (exact) mass is 245 g/mol. The van der Waals surface area contributed by atoms with Crippen molar-refractivity contribution in [1.82, 2.24) is 9.97 Å². The Kier molecular flexibility index (Phi) is 4.32. The summed E-state index contributed by atoms with van der Waals surface area (Å²) in [6.45, 7) is 3.85. The summed E-state index contributed by atoms with van der Waals surface area (Å²) >= 11 is 5.95. The number of aliphatic hydroxyl groups excluding tert-OH is 1. The maximum atomic E-state index is 9.28. The third kappa shape index (κ3) is 2.96. The summed E-state index contributed by atoms with van der Waals surface area (Å²) in [6.07, 6.45) is 2.20. The third-order valence-electron chi connectivity index (χ3n) is 2.45. The maximum absolute atomic E-state index is 9.28. The lowest BCUT2D eigenvalue weighted by Crippen LogP contribution is -2.38. The van der Waals surface area contributed by atoms with Gasteiger partial charge in [-0.15, -0.1) is 0 Å². The number of hydrogen-bond acceptors (Lipinski definition) is 5. The van der Waals surface area contributed by atoms with Gasteiger partial charge in [0.2, 0.25) is 0 Å². The predicted molar refractivity (Wildman–Crippen MR) is 63.0 cm³/mol.